The van der Waals surface area contributed by atoms with Crippen LogP contribution in [-0.4, -0.2) is 64.4 Å². The number of hydrogen-bond acceptors (Lipinski definition) is 6. The van der Waals surface area contributed by atoms with E-state index in [9.17, 15) is 0 Å². The van der Waals surface area contributed by atoms with Crippen LogP contribution in [0.5, 0.6) is 5.75 Å². The van der Waals surface area contributed by atoms with Crippen molar-refractivity contribution in [1.82, 2.24) is 25.1 Å². The van der Waals surface area contributed by atoms with Gasteiger partial charge in [0, 0.05) is 49.1 Å². The fourth-order valence-electron chi connectivity index (χ4n) is 6.23. The van der Waals surface area contributed by atoms with Gasteiger partial charge in [0.15, 0.2) is 0 Å². The number of nitrogens with zero attached hydrogens (tertiary/aromatic N) is 5. The normalized spacial score (nSPS) is 19.8. The molecular weight excluding hydrogens is 436 g/mol. The number of aryl methyl sites for hydroxylation is 1. The van der Waals surface area contributed by atoms with E-state index in [2.05, 4.69) is 50.3 Å². The SMILES string of the molecule is COc1cc2[nH]nc(-c3ccc(N4CCN5CCCC5C4)nc3)c2nc1-c1cccc2c1CCC2. The first-order valence-corrected chi connectivity index (χ1v) is 12.8. The molecule has 1 N–H and O–H groups in total. The van der Waals surface area contributed by atoms with E-state index >= 15 is 0 Å². The monoisotopic (exact) mass is 466 g/mol. The molecule has 35 heavy (non-hydrogen) atoms. The molecule has 7 nitrogen and oxygen atoms in total. The minimum atomic E-state index is 0.678. The van der Waals surface area contributed by atoms with E-state index in [1.165, 1.54) is 42.5 Å². The molecule has 0 amide bonds. The highest BCUT2D eigenvalue weighted by molar-refractivity contribution is 5.93. The Morgan fingerprint density at radius 3 is 2.89 bits per heavy atom. The topological polar surface area (TPSA) is 70.2 Å². The van der Waals surface area contributed by atoms with Crippen LogP contribution in [0.3, 0.4) is 0 Å². The van der Waals surface area contributed by atoms with Crippen molar-refractivity contribution in [2.45, 2.75) is 38.1 Å². The van der Waals surface area contributed by atoms with Crippen molar-refractivity contribution < 1.29 is 4.74 Å². The molecule has 178 valence electrons. The van der Waals surface area contributed by atoms with Crippen molar-refractivity contribution in [1.29, 1.82) is 0 Å². The number of pyridine rings is 2. The molecule has 1 unspecified atom stereocenters. The zero-order chi connectivity index (χ0) is 23.4. The van der Waals surface area contributed by atoms with Crippen molar-refractivity contribution in [3.63, 3.8) is 0 Å². The summed E-state index contributed by atoms with van der Waals surface area (Å²) in [7, 11) is 1.71. The third-order valence-electron chi connectivity index (χ3n) is 8.05. The molecule has 2 aliphatic heterocycles. The Kier molecular flexibility index (Phi) is 4.98. The molecule has 0 bridgehead atoms. The number of methoxy groups -OCH3 is 1. The number of benzene rings is 1. The lowest BCUT2D eigenvalue weighted by Gasteiger charge is -2.38. The quantitative estimate of drug-likeness (QED) is 0.479. The summed E-state index contributed by atoms with van der Waals surface area (Å²) in [6.07, 6.45) is 7.99. The largest absolute Gasteiger partial charge is 0.494 e. The molecule has 1 atom stereocenters. The Morgan fingerprint density at radius 2 is 2.00 bits per heavy atom. The predicted octanol–water partition coefficient (Wildman–Crippen LogP) is 4.47. The van der Waals surface area contributed by atoms with Crippen LogP contribution < -0.4 is 9.64 Å². The van der Waals surface area contributed by atoms with Gasteiger partial charge in [-0.2, -0.15) is 5.10 Å². The molecule has 2 saturated heterocycles. The Labute approximate surface area is 205 Å². The number of aromatic amines is 1. The Bertz CT molecular complexity index is 1390. The van der Waals surface area contributed by atoms with E-state index in [1.807, 2.05) is 12.3 Å². The van der Waals surface area contributed by atoms with Crippen molar-refractivity contribution in [3.05, 3.63) is 53.7 Å². The van der Waals surface area contributed by atoms with Gasteiger partial charge in [-0.25, -0.2) is 9.97 Å². The van der Waals surface area contributed by atoms with Crippen molar-refractivity contribution >= 4 is 16.9 Å². The second-order valence-electron chi connectivity index (χ2n) is 9.99. The Hall–Kier alpha value is -3.45. The smallest absolute Gasteiger partial charge is 0.147 e. The van der Waals surface area contributed by atoms with Crippen LogP contribution >= 0.6 is 0 Å². The molecule has 2 fully saturated rings. The van der Waals surface area contributed by atoms with E-state index in [4.69, 9.17) is 14.7 Å². The van der Waals surface area contributed by atoms with Gasteiger partial charge in [-0.05, 0) is 61.9 Å². The highest BCUT2D eigenvalue weighted by atomic mass is 16.5. The highest BCUT2D eigenvalue weighted by Gasteiger charge is 2.31. The number of piperazine rings is 1. The van der Waals surface area contributed by atoms with Gasteiger partial charge >= 0.3 is 0 Å². The molecule has 0 saturated carbocycles. The number of rotatable bonds is 4. The molecule has 7 rings (SSSR count). The molecule has 4 aromatic rings. The third kappa shape index (κ3) is 3.48. The summed E-state index contributed by atoms with van der Waals surface area (Å²) >= 11 is 0. The van der Waals surface area contributed by atoms with Crippen molar-refractivity contribution in [2.24, 2.45) is 0 Å². The summed E-state index contributed by atoms with van der Waals surface area (Å²) in [6.45, 7) is 4.50. The molecule has 5 heterocycles. The van der Waals surface area contributed by atoms with Gasteiger partial charge in [0.1, 0.15) is 28.5 Å². The zero-order valence-corrected chi connectivity index (χ0v) is 20.1. The second kappa shape index (κ2) is 8.34. The van der Waals surface area contributed by atoms with E-state index in [0.29, 0.717) is 6.04 Å². The van der Waals surface area contributed by atoms with Gasteiger partial charge < -0.3 is 9.64 Å². The van der Waals surface area contributed by atoms with Gasteiger partial charge in [0.2, 0.25) is 0 Å². The van der Waals surface area contributed by atoms with Crippen LogP contribution in [0, 0.1) is 0 Å². The summed E-state index contributed by atoms with van der Waals surface area (Å²) in [6, 6.07) is 13.5. The molecule has 1 aliphatic carbocycles. The summed E-state index contributed by atoms with van der Waals surface area (Å²) in [4.78, 5) is 15.0. The zero-order valence-electron chi connectivity index (χ0n) is 20.1. The number of nitrogens with one attached hydrogen (secondary N) is 1. The Morgan fingerprint density at radius 1 is 1.03 bits per heavy atom. The first kappa shape index (κ1) is 20.9. The molecule has 0 radical (unpaired) electrons. The molecule has 0 spiro atoms. The number of hydrogen-bond donors (Lipinski definition) is 1. The van der Waals surface area contributed by atoms with Crippen LogP contribution in [0.15, 0.2) is 42.6 Å². The maximum Gasteiger partial charge on any atom is 0.147 e. The average Bonchev–Trinajstić information content (AvgIpc) is 3.66. The Balaban J connectivity index is 1.24. The molecule has 1 aromatic carbocycles. The van der Waals surface area contributed by atoms with Crippen LogP contribution in [0.2, 0.25) is 0 Å². The van der Waals surface area contributed by atoms with Gasteiger partial charge in [-0.15, -0.1) is 0 Å². The molecule has 3 aliphatic rings. The van der Waals surface area contributed by atoms with Gasteiger partial charge in [0.05, 0.1) is 12.6 Å². The van der Waals surface area contributed by atoms with E-state index in [0.717, 1.165) is 72.0 Å². The van der Waals surface area contributed by atoms with E-state index in [-0.39, 0.29) is 0 Å². The van der Waals surface area contributed by atoms with Crippen LogP contribution in [0.25, 0.3) is 33.5 Å². The summed E-state index contributed by atoms with van der Waals surface area (Å²) < 4.78 is 5.76. The van der Waals surface area contributed by atoms with Gasteiger partial charge in [0.25, 0.3) is 0 Å². The molecular formula is C28H30N6O. The summed E-state index contributed by atoms with van der Waals surface area (Å²) in [5.74, 6) is 1.82. The number of fused-ring (bicyclic) bond motifs is 3. The van der Waals surface area contributed by atoms with Gasteiger partial charge in [-0.3, -0.25) is 10.00 Å². The van der Waals surface area contributed by atoms with Crippen LogP contribution in [-0.2, 0) is 12.8 Å². The van der Waals surface area contributed by atoms with Gasteiger partial charge in [-0.1, -0.05) is 18.2 Å². The first-order chi connectivity index (χ1) is 17.3. The molecule has 7 heteroatoms. The van der Waals surface area contributed by atoms with Crippen LogP contribution in [0.1, 0.15) is 30.4 Å². The molecule has 3 aromatic heterocycles. The van der Waals surface area contributed by atoms with E-state index < -0.39 is 0 Å². The number of anilines is 1. The summed E-state index contributed by atoms with van der Waals surface area (Å²) in [5, 5.41) is 7.79. The first-order valence-electron chi connectivity index (χ1n) is 12.8. The minimum Gasteiger partial charge on any atom is -0.494 e. The maximum absolute atomic E-state index is 5.76. The minimum absolute atomic E-state index is 0.678. The fourth-order valence-corrected chi connectivity index (χ4v) is 6.23. The standard InChI is InChI=1S/C28H30N6O/c1-35-24-15-23-28(30-27(24)22-9-3-6-18-5-2-8-21(18)22)26(32-31-23)19-10-11-25(29-16-19)34-14-13-33-12-4-7-20(33)17-34/h3,6,9-11,15-16,20H,2,4-5,7-8,12-14,17H2,1H3,(H,31,32). The average molecular weight is 467 g/mol. The second-order valence-corrected chi connectivity index (χ2v) is 9.99. The number of aromatic nitrogens is 4. The maximum atomic E-state index is 5.76. The van der Waals surface area contributed by atoms with Crippen molar-refractivity contribution in [2.75, 3.05) is 38.2 Å². The predicted molar refractivity (Wildman–Crippen MR) is 138 cm³/mol. The fraction of sp³-hybridized carbons (Fsp3) is 0.393. The number of ether oxygens (including phenoxy) is 1. The lowest BCUT2D eigenvalue weighted by molar-refractivity contribution is 0.230. The highest BCUT2D eigenvalue weighted by Crippen LogP contribution is 2.39. The van der Waals surface area contributed by atoms with Crippen LogP contribution in [0.4, 0.5) is 5.82 Å². The lowest BCUT2D eigenvalue weighted by atomic mass is 9.99. The number of H-pyrrole nitrogens is 1. The van der Waals surface area contributed by atoms with Crippen molar-refractivity contribution in [3.8, 4) is 28.3 Å². The third-order valence-corrected chi connectivity index (χ3v) is 8.05. The lowest BCUT2D eigenvalue weighted by Crippen LogP contribution is -2.50. The van der Waals surface area contributed by atoms with E-state index in [1.54, 1.807) is 7.11 Å². The summed E-state index contributed by atoms with van der Waals surface area (Å²) in [5.41, 5.74) is 8.41.